The van der Waals surface area contributed by atoms with Crippen LogP contribution in [0.2, 0.25) is 10.0 Å². The van der Waals surface area contributed by atoms with Crippen molar-refractivity contribution in [3.8, 4) is 0 Å². The van der Waals surface area contributed by atoms with Crippen LogP contribution in [0.15, 0.2) is 18.2 Å². The summed E-state index contributed by atoms with van der Waals surface area (Å²) < 4.78 is 5.24. The van der Waals surface area contributed by atoms with E-state index in [1.165, 1.54) is 17.4 Å². The third kappa shape index (κ3) is 3.75. The molecule has 1 aromatic heterocycles. The molecule has 138 valence electrons. The van der Waals surface area contributed by atoms with Crippen molar-refractivity contribution in [1.82, 2.24) is 0 Å². The van der Waals surface area contributed by atoms with Crippen molar-refractivity contribution in [3.05, 3.63) is 49.8 Å². The minimum atomic E-state index is -0.386. The van der Waals surface area contributed by atoms with Gasteiger partial charge in [0.1, 0.15) is 5.00 Å². The summed E-state index contributed by atoms with van der Waals surface area (Å²) in [5, 5.41) is 4.10. The quantitative estimate of drug-likeness (QED) is 0.634. The van der Waals surface area contributed by atoms with E-state index in [4.69, 9.17) is 27.9 Å². The Kier molecular flexibility index (Phi) is 5.90. The molecule has 7 heteroatoms. The highest BCUT2D eigenvalue weighted by Crippen LogP contribution is 2.43. The van der Waals surface area contributed by atoms with Gasteiger partial charge in [-0.05, 0) is 55.9 Å². The largest absolute Gasteiger partial charge is 0.462 e. The first-order chi connectivity index (χ1) is 12.4. The standard InChI is InChI=1S/C19H19Cl2NO3S/c1-3-25-19(24)16-15-10(2)5-4-6-14(15)26-18(16)22-17(23)11-7-8-12(20)13(21)9-11/h7-10H,3-6H2,1-2H3,(H,22,23). The lowest BCUT2D eigenvalue weighted by atomic mass is 9.86. The molecular formula is C19H19Cl2NO3S. The maximum Gasteiger partial charge on any atom is 0.341 e. The Morgan fingerprint density at radius 2 is 2.08 bits per heavy atom. The number of hydrogen-bond donors (Lipinski definition) is 1. The predicted molar refractivity (Wildman–Crippen MR) is 106 cm³/mol. The zero-order valence-electron chi connectivity index (χ0n) is 14.5. The zero-order valence-corrected chi connectivity index (χ0v) is 16.9. The van der Waals surface area contributed by atoms with Gasteiger partial charge in [-0.2, -0.15) is 0 Å². The van der Waals surface area contributed by atoms with E-state index in [2.05, 4.69) is 12.2 Å². The molecule has 1 aromatic carbocycles. The smallest absolute Gasteiger partial charge is 0.341 e. The number of carbonyl (C=O) groups excluding carboxylic acids is 2. The van der Waals surface area contributed by atoms with Gasteiger partial charge in [-0.25, -0.2) is 4.79 Å². The first kappa shape index (κ1) is 19.2. The van der Waals surface area contributed by atoms with Crippen LogP contribution in [-0.2, 0) is 11.2 Å². The van der Waals surface area contributed by atoms with Crippen LogP contribution in [0.3, 0.4) is 0 Å². The van der Waals surface area contributed by atoms with Crippen LogP contribution in [0.5, 0.6) is 0 Å². The molecule has 1 unspecified atom stereocenters. The number of carbonyl (C=O) groups is 2. The molecule has 4 nitrogen and oxygen atoms in total. The molecule has 3 rings (SSSR count). The summed E-state index contributed by atoms with van der Waals surface area (Å²) in [6, 6.07) is 4.69. The number of aryl methyl sites for hydroxylation is 1. The average Bonchev–Trinajstić information content (AvgIpc) is 2.97. The predicted octanol–water partition coefficient (Wildman–Crippen LogP) is 5.92. The Bertz CT molecular complexity index is 863. The minimum absolute atomic E-state index is 0.269. The summed E-state index contributed by atoms with van der Waals surface area (Å²) in [7, 11) is 0. The van der Waals surface area contributed by atoms with Crippen LogP contribution in [0.4, 0.5) is 5.00 Å². The van der Waals surface area contributed by atoms with Gasteiger partial charge < -0.3 is 10.1 Å². The van der Waals surface area contributed by atoms with E-state index in [0.717, 1.165) is 29.7 Å². The molecule has 1 amide bonds. The molecular weight excluding hydrogens is 393 g/mol. The maximum atomic E-state index is 12.6. The van der Waals surface area contributed by atoms with Crippen molar-refractivity contribution < 1.29 is 14.3 Å². The molecule has 0 bridgehead atoms. The molecule has 1 heterocycles. The van der Waals surface area contributed by atoms with Crippen molar-refractivity contribution in [1.29, 1.82) is 0 Å². The van der Waals surface area contributed by atoms with Crippen LogP contribution in [0.25, 0.3) is 0 Å². The Balaban J connectivity index is 1.97. The molecule has 0 radical (unpaired) electrons. The Labute approximate surface area is 166 Å². The Morgan fingerprint density at radius 1 is 1.31 bits per heavy atom. The van der Waals surface area contributed by atoms with Gasteiger partial charge in [0.2, 0.25) is 0 Å². The van der Waals surface area contributed by atoms with E-state index >= 15 is 0 Å². The monoisotopic (exact) mass is 411 g/mol. The highest BCUT2D eigenvalue weighted by Gasteiger charge is 2.30. The second-order valence-electron chi connectivity index (χ2n) is 6.24. The van der Waals surface area contributed by atoms with Gasteiger partial charge in [0.25, 0.3) is 5.91 Å². The minimum Gasteiger partial charge on any atom is -0.462 e. The van der Waals surface area contributed by atoms with Gasteiger partial charge in [0, 0.05) is 10.4 Å². The van der Waals surface area contributed by atoms with Crippen LogP contribution in [0, 0.1) is 0 Å². The van der Waals surface area contributed by atoms with E-state index in [9.17, 15) is 9.59 Å². The van der Waals surface area contributed by atoms with Gasteiger partial charge >= 0.3 is 5.97 Å². The molecule has 0 spiro atoms. The molecule has 1 aliphatic carbocycles. The van der Waals surface area contributed by atoms with Crippen LogP contribution in [-0.4, -0.2) is 18.5 Å². The van der Waals surface area contributed by atoms with Gasteiger partial charge in [0.15, 0.2) is 0 Å². The number of thiophene rings is 1. The number of rotatable bonds is 4. The molecule has 1 atom stereocenters. The molecule has 0 fully saturated rings. The third-order valence-electron chi connectivity index (χ3n) is 4.44. The highest BCUT2D eigenvalue weighted by atomic mass is 35.5. The Morgan fingerprint density at radius 3 is 2.77 bits per heavy atom. The molecule has 1 aliphatic rings. The fraction of sp³-hybridized carbons (Fsp3) is 0.368. The third-order valence-corrected chi connectivity index (χ3v) is 6.36. The number of esters is 1. The van der Waals surface area contributed by atoms with Crippen LogP contribution >= 0.6 is 34.5 Å². The number of ether oxygens (including phenoxy) is 1. The summed E-state index contributed by atoms with van der Waals surface area (Å²) in [6.07, 6.45) is 3.02. The van der Waals surface area contributed by atoms with Gasteiger partial charge in [-0.3, -0.25) is 4.79 Å². The fourth-order valence-electron chi connectivity index (χ4n) is 3.22. The van der Waals surface area contributed by atoms with Gasteiger partial charge in [-0.1, -0.05) is 30.1 Å². The fourth-order valence-corrected chi connectivity index (χ4v) is 4.86. The Hall–Kier alpha value is -1.56. The first-order valence-corrected chi connectivity index (χ1v) is 10.1. The zero-order chi connectivity index (χ0) is 18.8. The lowest BCUT2D eigenvalue weighted by Gasteiger charge is -2.19. The molecule has 1 N–H and O–H groups in total. The van der Waals surface area contributed by atoms with Crippen molar-refractivity contribution >= 4 is 51.4 Å². The normalized spacial score (nSPS) is 16.1. The van der Waals surface area contributed by atoms with Crippen molar-refractivity contribution in [2.75, 3.05) is 11.9 Å². The van der Waals surface area contributed by atoms with E-state index in [1.54, 1.807) is 19.1 Å². The average molecular weight is 412 g/mol. The van der Waals surface area contributed by atoms with E-state index in [-0.39, 0.29) is 24.4 Å². The number of hydrogen-bond acceptors (Lipinski definition) is 4. The SMILES string of the molecule is CCOC(=O)c1c(NC(=O)c2ccc(Cl)c(Cl)c2)sc2c1C(C)CCC2. The van der Waals surface area contributed by atoms with Crippen molar-refractivity contribution in [2.45, 2.75) is 39.0 Å². The lowest BCUT2D eigenvalue weighted by Crippen LogP contribution is -2.16. The second kappa shape index (κ2) is 7.99. The highest BCUT2D eigenvalue weighted by molar-refractivity contribution is 7.17. The number of anilines is 1. The van der Waals surface area contributed by atoms with Crippen molar-refractivity contribution in [2.24, 2.45) is 0 Å². The van der Waals surface area contributed by atoms with Crippen LogP contribution in [0.1, 0.15) is 63.8 Å². The van der Waals surface area contributed by atoms with Crippen LogP contribution < -0.4 is 5.32 Å². The number of fused-ring (bicyclic) bond motifs is 1. The number of nitrogens with one attached hydrogen (secondary N) is 1. The molecule has 0 aliphatic heterocycles. The van der Waals surface area contributed by atoms with E-state index in [0.29, 0.717) is 26.2 Å². The van der Waals surface area contributed by atoms with Gasteiger partial charge in [0.05, 0.1) is 22.2 Å². The number of benzene rings is 1. The summed E-state index contributed by atoms with van der Waals surface area (Å²) in [6.45, 7) is 4.17. The van der Waals surface area contributed by atoms with Gasteiger partial charge in [-0.15, -0.1) is 11.3 Å². The summed E-state index contributed by atoms with van der Waals surface area (Å²) in [4.78, 5) is 26.4. The van der Waals surface area contributed by atoms with E-state index < -0.39 is 0 Å². The molecule has 26 heavy (non-hydrogen) atoms. The lowest BCUT2D eigenvalue weighted by molar-refractivity contribution is 0.0526. The second-order valence-corrected chi connectivity index (χ2v) is 8.16. The molecule has 2 aromatic rings. The first-order valence-electron chi connectivity index (χ1n) is 8.51. The summed E-state index contributed by atoms with van der Waals surface area (Å²) in [5.74, 6) is -0.450. The topological polar surface area (TPSA) is 55.4 Å². The van der Waals surface area contributed by atoms with Crippen molar-refractivity contribution in [3.63, 3.8) is 0 Å². The maximum absolute atomic E-state index is 12.6. The number of amides is 1. The number of halogens is 2. The summed E-state index contributed by atoms with van der Waals surface area (Å²) >= 11 is 13.4. The molecule has 0 saturated heterocycles. The summed E-state index contributed by atoms with van der Waals surface area (Å²) in [5.41, 5.74) is 1.89. The molecule has 0 saturated carbocycles. The van der Waals surface area contributed by atoms with E-state index in [1.807, 2.05) is 0 Å².